The predicted molar refractivity (Wildman–Crippen MR) is 104 cm³/mol. The third-order valence-corrected chi connectivity index (χ3v) is 4.74. The Bertz CT molecular complexity index is 932. The van der Waals surface area contributed by atoms with Crippen LogP contribution in [0.3, 0.4) is 0 Å². The second kappa shape index (κ2) is 6.67. The fraction of sp³-hybridized carbons (Fsp3) is 0.238. The van der Waals surface area contributed by atoms with Crippen molar-refractivity contribution < 1.29 is 4.79 Å². The molecule has 1 aromatic heterocycles. The van der Waals surface area contributed by atoms with Crippen LogP contribution in [-0.4, -0.2) is 15.8 Å². The maximum Gasteiger partial charge on any atom is 0.324 e. The van der Waals surface area contributed by atoms with Crippen LogP contribution in [0.15, 0.2) is 60.7 Å². The lowest BCUT2D eigenvalue weighted by atomic mass is 10.2. The van der Waals surface area contributed by atoms with Crippen molar-refractivity contribution in [3.05, 3.63) is 71.9 Å². The molecule has 2 unspecified atom stereocenters. The number of rotatable bonds is 4. The van der Waals surface area contributed by atoms with Crippen LogP contribution >= 0.6 is 0 Å². The van der Waals surface area contributed by atoms with E-state index in [0.717, 1.165) is 29.1 Å². The Morgan fingerprint density at radius 3 is 2.54 bits per heavy atom. The van der Waals surface area contributed by atoms with Crippen LogP contribution in [0.25, 0.3) is 5.69 Å². The number of nitrogens with one attached hydrogen (secondary N) is 2. The number of benzene rings is 2. The first-order chi connectivity index (χ1) is 12.6. The summed E-state index contributed by atoms with van der Waals surface area (Å²) in [6.45, 7) is 4.22. The SMILES string of the molecule is Cc1cccc(NC(=O)Nc2cc(C3CC3C)nn2-c2ccccc2)c1. The average Bonchev–Trinajstić information content (AvgIpc) is 3.21. The van der Waals surface area contributed by atoms with Gasteiger partial charge in [0.1, 0.15) is 5.82 Å². The van der Waals surface area contributed by atoms with E-state index in [1.165, 1.54) is 0 Å². The number of para-hydroxylation sites is 1. The van der Waals surface area contributed by atoms with Gasteiger partial charge in [0, 0.05) is 17.7 Å². The molecule has 1 aliphatic rings. The van der Waals surface area contributed by atoms with Crippen LogP contribution in [-0.2, 0) is 0 Å². The van der Waals surface area contributed by atoms with Crippen molar-refractivity contribution in [1.29, 1.82) is 0 Å². The molecular weight excluding hydrogens is 324 g/mol. The Hall–Kier alpha value is -3.08. The number of urea groups is 1. The van der Waals surface area contributed by atoms with Gasteiger partial charge >= 0.3 is 6.03 Å². The molecule has 2 N–H and O–H groups in total. The minimum absolute atomic E-state index is 0.275. The van der Waals surface area contributed by atoms with Gasteiger partial charge < -0.3 is 5.32 Å². The van der Waals surface area contributed by atoms with Gasteiger partial charge in [-0.05, 0) is 49.1 Å². The Balaban J connectivity index is 1.58. The monoisotopic (exact) mass is 346 g/mol. The van der Waals surface area contributed by atoms with Gasteiger partial charge in [-0.2, -0.15) is 5.10 Å². The molecule has 2 atom stereocenters. The van der Waals surface area contributed by atoms with Gasteiger partial charge in [0.15, 0.2) is 0 Å². The number of aromatic nitrogens is 2. The molecule has 0 saturated heterocycles. The number of carbonyl (C=O) groups is 1. The highest BCUT2D eigenvalue weighted by atomic mass is 16.2. The van der Waals surface area contributed by atoms with Crippen molar-refractivity contribution in [2.75, 3.05) is 10.6 Å². The second-order valence-electron chi connectivity index (χ2n) is 6.97. The molecule has 26 heavy (non-hydrogen) atoms. The summed E-state index contributed by atoms with van der Waals surface area (Å²) in [5, 5.41) is 10.6. The summed E-state index contributed by atoms with van der Waals surface area (Å²) < 4.78 is 1.80. The molecule has 1 aliphatic carbocycles. The summed E-state index contributed by atoms with van der Waals surface area (Å²) in [5.41, 5.74) is 3.83. The van der Waals surface area contributed by atoms with Crippen LogP contribution in [0, 0.1) is 12.8 Å². The lowest BCUT2D eigenvalue weighted by molar-refractivity contribution is 0.262. The molecule has 2 amide bonds. The highest BCUT2D eigenvalue weighted by molar-refractivity contribution is 5.99. The second-order valence-corrected chi connectivity index (χ2v) is 6.97. The highest BCUT2D eigenvalue weighted by Gasteiger charge is 2.36. The summed E-state index contributed by atoms with van der Waals surface area (Å²) in [7, 11) is 0. The van der Waals surface area contributed by atoms with Crippen LogP contribution in [0.2, 0.25) is 0 Å². The summed E-state index contributed by atoms with van der Waals surface area (Å²) >= 11 is 0. The van der Waals surface area contributed by atoms with E-state index in [9.17, 15) is 4.79 Å². The van der Waals surface area contributed by atoms with Crippen molar-refractivity contribution >= 4 is 17.5 Å². The molecule has 1 heterocycles. The molecule has 3 aromatic rings. The zero-order valence-corrected chi connectivity index (χ0v) is 14.9. The largest absolute Gasteiger partial charge is 0.324 e. The van der Waals surface area contributed by atoms with E-state index in [-0.39, 0.29) is 6.03 Å². The molecule has 132 valence electrons. The summed E-state index contributed by atoms with van der Waals surface area (Å²) in [5.74, 6) is 1.82. The Morgan fingerprint density at radius 2 is 1.85 bits per heavy atom. The van der Waals surface area contributed by atoms with E-state index in [2.05, 4.69) is 17.6 Å². The first kappa shape index (κ1) is 16.4. The zero-order chi connectivity index (χ0) is 18.1. The minimum Gasteiger partial charge on any atom is -0.308 e. The van der Waals surface area contributed by atoms with E-state index < -0.39 is 0 Å². The van der Waals surface area contributed by atoms with Crippen molar-refractivity contribution in [2.24, 2.45) is 5.92 Å². The summed E-state index contributed by atoms with van der Waals surface area (Å²) in [6, 6.07) is 19.3. The fourth-order valence-electron chi connectivity index (χ4n) is 3.17. The first-order valence-electron chi connectivity index (χ1n) is 8.90. The van der Waals surface area contributed by atoms with Crippen molar-refractivity contribution in [1.82, 2.24) is 9.78 Å². The van der Waals surface area contributed by atoms with E-state index in [1.54, 1.807) is 4.68 Å². The van der Waals surface area contributed by atoms with Gasteiger partial charge in [-0.1, -0.05) is 37.3 Å². The van der Waals surface area contributed by atoms with Crippen LogP contribution in [0.1, 0.15) is 30.5 Å². The number of nitrogens with zero attached hydrogens (tertiary/aromatic N) is 2. The predicted octanol–water partition coefficient (Wildman–Crippen LogP) is 4.95. The van der Waals surface area contributed by atoms with Gasteiger partial charge in [0.05, 0.1) is 11.4 Å². The lowest BCUT2D eigenvalue weighted by Crippen LogP contribution is -2.21. The Kier molecular flexibility index (Phi) is 4.21. The molecule has 5 heteroatoms. The van der Waals surface area contributed by atoms with E-state index in [1.807, 2.05) is 67.6 Å². The van der Waals surface area contributed by atoms with Gasteiger partial charge in [-0.3, -0.25) is 5.32 Å². The van der Waals surface area contributed by atoms with E-state index in [0.29, 0.717) is 17.7 Å². The first-order valence-corrected chi connectivity index (χ1v) is 8.90. The molecule has 4 rings (SSSR count). The average molecular weight is 346 g/mol. The number of aryl methyl sites for hydroxylation is 1. The topological polar surface area (TPSA) is 59.0 Å². The molecular formula is C21H22N4O. The van der Waals surface area contributed by atoms with Gasteiger partial charge in [0.2, 0.25) is 0 Å². The minimum atomic E-state index is -0.275. The quantitative estimate of drug-likeness (QED) is 0.702. The maximum atomic E-state index is 12.5. The number of carbonyl (C=O) groups excluding carboxylic acids is 1. The van der Waals surface area contributed by atoms with Gasteiger partial charge in [-0.25, -0.2) is 9.48 Å². The Morgan fingerprint density at radius 1 is 1.08 bits per heavy atom. The molecule has 0 spiro atoms. The van der Waals surface area contributed by atoms with Crippen LogP contribution < -0.4 is 10.6 Å². The Labute approximate surface area is 153 Å². The maximum absolute atomic E-state index is 12.5. The highest BCUT2D eigenvalue weighted by Crippen LogP contribution is 2.47. The van der Waals surface area contributed by atoms with Crippen molar-refractivity contribution in [3.8, 4) is 5.69 Å². The normalized spacial score (nSPS) is 18.4. The number of amides is 2. The van der Waals surface area contributed by atoms with E-state index >= 15 is 0 Å². The van der Waals surface area contributed by atoms with Crippen LogP contribution in [0.5, 0.6) is 0 Å². The van der Waals surface area contributed by atoms with E-state index in [4.69, 9.17) is 5.10 Å². The van der Waals surface area contributed by atoms with Crippen molar-refractivity contribution in [2.45, 2.75) is 26.2 Å². The molecule has 5 nitrogen and oxygen atoms in total. The van der Waals surface area contributed by atoms with Gasteiger partial charge in [-0.15, -0.1) is 0 Å². The molecule has 0 bridgehead atoms. The van der Waals surface area contributed by atoms with Crippen LogP contribution in [0.4, 0.5) is 16.3 Å². The number of hydrogen-bond donors (Lipinski definition) is 2. The molecule has 1 fully saturated rings. The standard InChI is InChI=1S/C21H22N4O/c1-14-7-6-8-16(11-14)22-21(26)23-20-13-19(18-12-15(18)2)24-25(20)17-9-4-3-5-10-17/h3-11,13,15,18H,12H2,1-2H3,(H2,22,23,26). The molecule has 0 aliphatic heterocycles. The van der Waals surface area contributed by atoms with Crippen molar-refractivity contribution in [3.63, 3.8) is 0 Å². The lowest BCUT2D eigenvalue weighted by Gasteiger charge is -2.10. The summed E-state index contributed by atoms with van der Waals surface area (Å²) in [4.78, 5) is 12.5. The molecule has 2 aromatic carbocycles. The molecule has 0 radical (unpaired) electrons. The summed E-state index contributed by atoms with van der Waals surface area (Å²) in [6.07, 6.45) is 1.15. The number of anilines is 2. The fourth-order valence-corrected chi connectivity index (χ4v) is 3.17. The van der Waals surface area contributed by atoms with Gasteiger partial charge in [0.25, 0.3) is 0 Å². The number of hydrogen-bond acceptors (Lipinski definition) is 2. The zero-order valence-electron chi connectivity index (χ0n) is 14.9. The smallest absolute Gasteiger partial charge is 0.308 e. The molecule has 1 saturated carbocycles. The third kappa shape index (κ3) is 3.47. The third-order valence-electron chi connectivity index (χ3n) is 4.74.